The molecule has 112 valence electrons. The van der Waals surface area contributed by atoms with E-state index in [1.54, 1.807) is 6.20 Å². The monoisotopic (exact) mass is 356 g/mol. The lowest BCUT2D eigenvalue weighted by Crippen LogP contribution is -2.12. The number of hydrogen-bond acceptors (Lipinski definition) is 3. The lowest BCUT2D eigenvalue weighted by atomic mass is 10.0. The Balaban J connectivity index is 1.96. The molecule has 0 aliphatic carbocycles. The van der Waals surface area contributed by atoms with Crippen molar-refractivity contribution in [3.8, 4) is 0 Å². The first-order chi connectivity index (χ1) is 10.8. The predicted molar refractivity (Wildman–Crippen MR) is 94.0 cm³/mol. The minimum absolute atomic E-state index is 0.0699. The van der Waals surface area contributed by atoms with E-state index in [0.29, 0.717) is 6.42 Å². The molecule has 0 spiro atoms. The highest BCUT2D eigenvalue weighted by Crippen LogP contribution is 2.29. The fourth-order valence-electron chi connectivity index (χ4n) is 2.57. The van der Waals surface area contributed by atoms with Crippen molar-refractivity contribution < 1.29 is 5.11 Å². The van der Waals surface area contributed by atoms with Crippen LogP contribution < -0.4 is 5.32 Å². The van der Waals surface area contributed by atoms with E-state index in [-0.39, 0.29) is 12.6 Å². The van der Waals surface area contributed by atoms with Gasteiger partial charge in [0.05, 0.1) is 11.6 Å². The Bertz CT molecular complexity index is 761. The number of hydrogen-bond donors (Lipinski definition) is 2. The number of aliphatic hydroxyl groups is 1. The molecule has 1 aromatic heterocycles. The minimum atomic E-state index is 0.0699. The number of aliphatic hydroxyl groups excluding tert-OH is 1. The topological polar surface area (TPSA) is 45.1 Å². The van der Waals surface area contributed by atoms with Gasteiger partial charge in [0.25, 0.3) is 0 Å². The highest BCUT2D eigenvalue weighted by atomic mass is 79.9. The molecule has 1 heterocycles. The molecule has 3 aromatic rings. The fourth-order valence-corrected chi connectivity index (χ4v) is 2.92. The van der Waals surface area contributed by atoms with Crippen LogP contribution in [-0.2, 0) is 0 Å². The van der Waals surface area contributed by atoms with Crippen LogP contribution in [0.4, 0.5) is 5.69 Å². The van der Waals surface area contributed by atoms with Gasteiger partial charge in [0.2, 0.25) is 0 Å². The van der Waals surface area contributed by atoms with Gasteiger partial charge in [-0.2, -0.15) is 0 Å². The molecule has 0 radical (unpaired) electrons. The molecule has 3 rings (SSSR count). The largest absolute Gasteiger partial charge is 0.396 e. The Morgan fingerprint density at radius 2 is 1.91 bits per heavy atom. The van der Waals surface area contributed by atoms with E-state index in [9.17, 15) is 5.11 Å². The van der Waals surface area contributed by atoms with Crippen molar-refractivity contribution in [1.29, 1.82) is 0 Å². The van der Waals surface area contributed by atoms with Gasteiger partial charge in [-0.1, -0.05) is 46.3 Å². The summed E-state index contributed by atoms with van der Waals surface area (Å²) in [6.07, 6.45) is 2.46. The molecule has 1 atom stereocenters. The molecule has 0 saturated heterocycles. The summed E-state index contributed by atoms with van der Waals surface area (Å²) in [5, 5.41) is 14.0. The van der Waals surface area contributed by atoms with E-state index in [1.807, 2.05) is 36.4 Å². The van der Waals surface area contributed by atoms with Crippen molar-refractivity contribution >= 4 is 32.5 Å². The van der Waals surface area contributed by atoms with E-state index in [0.717, 1.165) is 21.1 Å². The lowest BCUT2D eigenvalue weighted by Gasteiger charge is -2.20. The Morgan fingerprint density at radius 1 is 1.09 bits per heavy atom. The number of aromatic nitrogens is 1. The summed E-state index contributed by atoms with van der Waals surface area (Å²) in [4.78, 5) is 4.41. The van der Waals surface area contributed by atoms with Gasteiger partial charge in [-0.25, -0.2) is 0 Å². The smallest absolute Gasteiger partial charge is 0.0733 e. The van der Waals surface area contributed by atoms with Crippen LogP contribution in [0.15, 0.2) is 65.3 Å². The predicted octanol–water partition coefficient (Wildman–Crippen LogP) is 4.53. The van der Waals surface area contributed by atoms with E-state index in [1.165, 1.54) is 5.56 Å². The maximum Gasteiger partial charge on any atom is 0.0733 e. The first-order valence-electron chi connectivity index (χ1n) is 7.24. The van der Waals surface area contributed by atoms with Crippen LogP contribution in [0.1, 0.15) is 18.0 Å². The number of nitrogens with one attached hydrogen (secondary N) is 1. The van der Waals surface area contributed by atoms with Gasteiger partial charge in [0, 0.05) is 28.4 Å². The summed E-state index contributed by atoms with van der Waals surface area (Å²) >= 11 is 3.48. The summed E-state index contributed by atoms with van der Waals surface area (Å²) in [6.45, 7) is 0.140. The number of benzene rings is 2. The van der Waals surface area contributed by atoms with Gasteiger partial charge in [0.1, 0.15) is 0 Å². The summed E-state index contributed by atoms with van der Waals surface area (Å²) in [6, 6.07) is 18.3. The van der Waals surface area contributed by atoms with Gasteiger partial charge >= 0.3 is 0 Å². The molecular formula is C18H17BrN2O. The minimum Gasteiger partial charge on any atom is -0.396 e. The van der Waals surface area contributed by atoms with Crippen LogP contribution >= 0.6 is 15.9 Å². The van der Waals surface area contributed by atoms with Crippen molar-refractivity contribution in [1.82, 2.24) is 4.98 Å². The van der Waals surface area contributed by atoms with E-state index in [2.05, 4.69) is 44.4 Å². The second kappa shape index (κ2) is 6.90. The number of rotatable bonds is 5. The van der Waals surface area contributed by atoms with E-state index >= 15 is 0 Å². The molecule has 2 N–H and O–H groups in total. The number of pyridine rings is 1. The molecular weight excluding hydrogens is 340 g/mol. The van der Waals surface area contributed by atoms with Crippen LogP contribution in [0.25, 0.3) is 10.9 Å². The van der Waals surface area contributed by atoms with Crippen molar-refractivity contribution in [2.75, 3.05) is 11.9 Å². The quantitative estimate of drug-likeness (QED) is 0.705. The molecule has 0 fully saturated rings. The Morgan fingerprint density at radius 3 is 2.68 bits per heavy atom. The second-order valence-electron chi connectivity index (χ2n) is 5.14. The fraction of sp³-hybridized carbons (Fsp3) is 0.167. The van der Waals surface area contributed by atoms with Gasteiger partial charge in [-0.15, -0.1) is 0 Å². The lowest BCUT2D eigenvalue weighted by molar-refractivity contribution is 0.280. The number of halogens is 1. The average molecular weight is 357 g/mol. The van der Waals surface area contributed by atoms with Crippen LogP contribution in [-0.4, -0.2) is 16.7 Å². The zero-order chi connectivity index (χ0) is 15.4. The van der Waals surface area contributed by atoms with Crippen molar-refractivity contribution in [3.05, 3.63) is 70.8 Å². The molecule has 0 bridgehead atoms. The first-order valence-corrected chi connectivity index (χ1v) is 8.04. The van der Waals surface area contributed by atoms with Crippen LogP contribution in [0, 0.1) is 0 Å². The summed E-state index contributed by atoms with van der Waals surface area (Å²) in [5.74, 6) is 0. The summed E-state index contributed by atoms with van der Waals surface area (Å²) in [7, 11) is 0. The second-order valence-corrected chi connectivity index (χ2v) is 6.06. The number of nitrogens with zero attached hydrogens (tertiary/aromatic N) is 1. The van der Waals surface area contributed by atoms with Gasteiger partial charge in [-0.05, 0) is 36.2 Å². The Kier molecular flexibility index (Phi) is 4.71. The van der Waals surface area contributed by atoms with Crippen molar-refractivity contribution in [2.24, 2.45) is 0 Å². The molecule has 0 unspecified atom stereocenters. The van der Waals surface area contributed by atoms with Crippen molar-refractivity contribution in [2.45, 2.75) is 12.5 Å². The molecule has 4 heteroatoms. The van der Waals surface area contributed by atoms with Crippen LogP contribution in [0.5, 0.6) is 0 Å². The molecule has 0 saturated carbocycles. The van der Waals surface area contributed by atoms with E-state index < -0.39 is 0 Å². The summed E-state index contributed by atoms with van der Waals surface area (Å²) in [5.41, 5.74) is 3.13. The molecule has 0 aliphatic heterocycles. The molecule has 3 nitrogen and oxygen atoms in total. The average Bonchev–Trinajstić information content (AvgIpc) is 2.55. The van der Waals surface area contributed by atoms with Gasteiger partial charge < -0.3 is 10.4 Å². The third kappa shape index (κ3) is 3.29. The number of anilines is 1. The van der Waals surface area contributed by atoms with Crippen LogP contribution in [0.2, 0.25) is 0 Å². The Labute approximate surface area is 138 Å². The van der Waals surface area contributed by atoms with Crippen LogP contribution in [0.3, 0.4) is 0 Å². The maximum atomic E-state index is 9.37. The molecule has 22 heavy (non-hydrogen) atoms. The zero-order valence-corrected chi connectivity index (χ0v) is 13.6. The first kappa shape index (κ1) is 15.0. The third-order valence-electron chi connectivity index (χ3n) is 3.65. The highest BCUT2D eigenvalue weighted by Gasteiger charge is 2.12. The molecule has 0 aliphatic rings. The highest BCUT2D eigenvalue weighted by molar-refractivity contribution is 9.10. The SMILES string of the molecule is OCC[C@@H](Nc1ccnc2cc(Br)ccc12)c1ccccc1. The third-order valence-corrected chi connectivity index (χ3v) is 4.15. The Hall–Kier alpha value is -1.91. The standard InChI is InChI=1S/C18H17BrN2O/c19-14-6-7-15-17(8-10-20-18(15)12-14)21-16(9-11-22)13-4-2-1-3-5-13/h1-8,10,12,16,22H,9,11H2,(H,20,21)/t16-/m1/s1. The maximum absolute atomic E-state index is 9.37. The van der Waals surface area contributed by atoms with Gasteiger partial charge in [0.15, 0.2) is 0 Å². The normalized spacial score (nSPS) is 12.3. The summed E-state index contributed by atoms with van der Waals surface area (Å²) < 4.78 is 1.01. The van der Waals surface area contributed by atoms with Gasteiger partial charge in [-0.3, -0.25) is 4.98 Å². The van der Waals surface area contributed by atoms with Crippen molar-refractivity contribution in [3.63, 3.8) is 0 Å². The zero-order valence-electron chi connectivity index (χ0n) is 12.0. The van der Waals surface area contributed by atoms with E-state index in [4.69, 9.17) is 0 Å². The molecule has 2 aromatic carbocycles. The number of fused-ring (bicyclic) bond motifs is 1. The molecule has 0 amide bonds.